The zero-order valence-corrected chi connectivity index (χ0v) is 20.2. The Balaban J connectivity index is 1.41. The van der Waals surface area contributed by atoms with E-state index in [4.69, 9.17) is 9.97 Å². The van der Waals surface area contributed by atoms with Gasteiger partial charge in [0.1, 0.15) is 12.1 Å². The zero-order chi connectivity index (χ0) is 23.8. The minimum Gasteiger partial charge on any atom is -0.368 e. The molecule has 0 saturated carbocycles. The third-order valence-corrected chi connectivity index (χ3v) is 7.18. The lowest BCUT2D eigenvalue weighted by molar-refractivity contribution is 0.647. The number of hydrogen-bond acceptors (Lipinski definition) is 4. The molecule has 174 valence electrons. The fraction of sp³-hybridized carbons (Fsp3) is 0.200. The van der Waals surface area contributed by atoms with Crippen LogP contribution in [0.15, 0.2) is 91.4 Å². The molecule has 0 unspecified atom stereocenters. The normalized spacial score (nSPS) is 14.0. The van der Waals surface area contributed by atoms with Crippen LogP contribution in [0.1, 0.15) is 11.1 Å². The number of anilines is 2. The summed E-state index contributed by atoms with van der Waals surface area (Å²) in [6.45, 7) is 8.19. The first-order chi connectivity index (χ1) is 17.2. The van der Waals surface area contributed by atoms with E-state index in [0.717, 1.165) is 54.3 Å². The van der Waals surface area contributed by atoms with Gasteiger partial charge in [-0.15, -0.1) is 0 Å². The number of aromatic nitrogens is 3. The average Bonchev–Trinajstić information content (AvgIpc) is 3.31. The summed E-state index contributed by atoms with van der Waals surface area (Å²) in [7, 11) is 0. The molecular formula is C30H29N5. The molecule has 0 N–H and O–H groups in total. The molecule has 3 aromatic carbocycles. The van der Waals surface area contributed by atoms with Crippen molar-refractivity contribution in [1.82, 2.24) is 14.5 Å². The molecule has 0 bridgehead atoms. The third kappa shape index (κ3) is 3.83. The topological polar surface area (TPSA) is 37.2 Å². The van der Waals surface area contributed by atoms with E-state index in [1.54, 1.807) is 6.33 Å². The standard InChI is InChI=1S/C30H29N5/c1-22-10-9-15-27(23(22)2)33-16-18-34(19-17-33)29-28-26(24-11-5-3-6-12-24)20-35(30(28)32-21-31-29)25-13-7-4-8-14-25/h3-15,20-21H,16-19H2,1-2H3. The Morgan fingerprint density at radius 2 is 1.37 bits per heavy atom. The highest BCUT2D eigenvalue weighted by atomic mass is 15.3. The molecular weight excluding hydrogens is 430 g/mol. The number of fused-ring (bicyclic) bond motifs is 1. The minimum atomic E-state index is 0.921. The highest BCUT2D eigenvalue weighted by molar-refractivity contribution is 6.02. The van der Waals surface area contributed by atoms with Crippen LogP contribution in [-0.2, 0) is 0 Å². The van der Waals surface area contributed by atoms with Crippen LogP contribution >= 0.6 is 0 Å². The smallest absolute Gasteiger partial charge is 0.150 e. The predicted molar refractivity (Wildman–Crippen MR) is 145 cm³/mol. The average molecular weight is 460 g/mol. The molecule has 1 saturated heterocycles. The molecule has 35 heavy (non-hydrogen) atoms. The van der Waals surface area contributed by atoms with E-state index in [2.05, 4.69) is 107 Å². The molecule has 5 heteroatoms. The van der Waals surface area contributed by atoms with Gasteiger partial charge in [-0.3, -0.25) is 0 Å². The van der Waals surface area contributed by atoms with Crippen molar-refractivity contribution in [2.45, 2.75) is 13.8 Å². The lowest BCUT2D eigenvalue weighted by Gasteiger charge is -2.37. The maximum absolute atomic E-state index is 4.84. The Morgan fingerprint density at radius 1 is 0.686 bits per heavy atom. The van der Waals surface area contributed by atoms with E-state index in [1.807, 2.05) is 6.07 Å². The van der Waals surface area contributed by atoms with E-state index in [-0.39, 0.29) is 0 Å². The van der Waals surface area contributed by atoms with Crippen LogP contribution < -0.4 is 9.80 Å². The first kappa shape index (κ1) is 21.4. The van der Waals surface area contributed by atoms with Crippen molar-refractivity contribution < 1.29 is 0 Å². The summed E-state index contributed by atoms with van der Waals surface area (Å²) >= 11 is 0. The van der Waals surface area contributed by atoms with E-state index >= 15 is 0 Å². The summed E-state index contributed by atoms with van der Waals surface area (Å²) in [6, 6.07) is 27.6. The van der Waals surface area contributed by atoms with Crippen molar-refractivity contribution in [1.29, 1.82) is 0 Å². The van der Waals surface area contributed by atoms with Gasteiger partial charge < -0.3 is 14.4 Å². The van der Waals surface area contributed by atoms with Gasteiger partial charge in [0, 0.05) is 49.3 Å². The van der Waals surface area contributed by atoms with E-state index in [0.29, 0.717) is 0 Å². The van der Waals surface area contributed by atoms with Gasteiger partial charge in [-0.2, -0.15) is 0 Å². The Morgan fingerprint density at radius 3 is 2.11 bits per heavy atom. The molecule has 1 aliphatic rings. The second-order valence-corrected chi connectivity index (χ2v) is 9.20. The van der Waals surface area contributed by atoms with Crippen LogP contribution in [0.3, 0.4) is 0 Å². The van der Waals surface area contributed by atoms with Crippen molar-refractivity contribution in [2.24, 2.45) is 0 Å². The van der Waals surface area contributed by atoms with Gasteiger partial charge in [-0.1, -0.05) is 60.7 Å². The molecule has 2 aromatic heterocycles. The molecule has 0 amide bonds. The minimum absolute atomic E-state index is 0.921. The quantitative estimate of drug-likeness (QED) is 0.329. The SMILES string of the molecule is Cc1cccc(N2CCN(c3ncnc4c3c(-c3ccccc3)cn4-c3ccccc3)CC2)c1C. The zero-order valence-electron chi connectivity index (χ0n) is 20.2. The van der Waals surface area contributed by atoms with Gasteiger partial charge in [-0.25, -0.2) is 9.97 Å². The van der Waals surface area contributed by atoms with Crippen molar-refractivity contribution in [3.05, 3.63) is 103 Å². The van der Waals surface area contributed by atoms with Gasteiger partial charge in [0.2, 0.25) is 0 Å². The molecule has 5 nitrogen and oxygen atoms in total. The first-order valence-electron chi connectivity index (χ1n) is 12.2. The Hall–Kier alpha value is -4.12. The summed E-state index contributed by atoms with van der Waals surface area (Å²) < 4.78 is 2.19. The Labute approximate surface area is 206 Å². The summed E-state index contributed by atoms with van der Waals surface area (Å²) in [4.78, 5) is 14.5. The van der Waals surface area contributed by atoms with Gasteiger partial charge in [-0.05, 0) is 48.7 Å². The van der Waals surface area contributed by atoms with Crippen molar-refractivity contribution in [3.8, 4) is 16.8 Å². The highest BCUT2D eigenvalue weighted by Crippen LogP contribution is 2.37. The van der Waals surface area contributed by atoms with Crippen LogP contribution in [0, 0.1) is 13.8 Å². The van der Waals surface area contributed by atoms with Crippen LogP contribution in [0.5, 0.6) is 0 Å². The molecule has 5 aromatic rings. The maximum atomic E-state index is 4.84. The summed E-state index contributed by atoms with van der Waals surface area (Å²) in [5.74, 6) is 1.02. The van der Waals surface area contributed by atoms with Crippen LogP contribution in [0.2, 0.25) is 0 Å². The van der Waals surface area contributed by atoms with E-state index in [1.165, 1.54) is 22.4 Å². The molecule has 1 aliphatic heterocycles. The molecule has 0 spiro atoms. The fourth-order valence-corrected chi connectivity index (χ4v) is 5.14. The number of rotatable bonds is 4. The molecule has 0 radical (unpaired) electrons. The van der Waals surface area contributed by atoms with Crippen LogP contribution in [-0.4, -0.2) is 40.7 Å². The number of benzene rings is 3. The number of para-hydroxylation sites is 1. The fourth-order valence-electron chi connectivity index (χ4n) is 5.14. The van der Waals surface area contributed by atoms with Gasteiger partial charge in [0.05, 0.1) is 5.39 Å². The molecule has 0 atom stereocenters. The monoisotopic (exact) mass is 459 g/mol. The largest absolute Gasteiger partial charge is 0.368 e. The Kier molecular flexibility index (Phi) is 5.45. The predicted octanol–water partition coefficient (Wildman–Crippen LogP) is 6.03. The lowest BCUT2D eigenvalue weighted by atomic mass is 10.1. The number of nitrogens with zero attached hydrogens (tertiary/aromatic N) is 5. The lowest BCUT2D eigenvalue weighted by Crippen LogP contribution is -2.47. The molecule has 3 heterocycles. The van der Waals surface area contributed by atoms with Crippen LogP contribution in [0.4, 0.5) is 11.5 Å². The number of aryl methyl sites for hydroxylation is 1. The van der Waals surface area contributed by atoms with Crippen molar-refractivity contribution in [3.63, 3.8) is 0 Å². The number of hydrogen-bond donors (Lipinski definition) is 0. The van der Waals surface area contributed by atoms with E-state index < -0.39 is 0 Å². The summed E-state index contributed by atoms with van der Waals surface area (Å²) in [5, 5.41) is 1.11. The second kappa shape index (κ2) is 8.91. The van der Waals surface area contributed by atoms with Crippen LogP contribution in [0.25, 0.3) is 27.8 Å². The third-order valence-electron chi connectivity index (χ3n) is 7.18. The second-order valence-electron chi connectivity index (χ2n) is 9.20. The highest BCUT2D eigenvalue weighted by Gasteiger charge is 2.24. The van der Waals surface area contributed by atoms with E-state index in [9.17, 15) is 0 Å². The molecule has 0 aliphatic carbocycles. The molecule has 6 rings (SSSR count). The molecule has 1 fully saturated rings. The van der Waals surface area contributed by atoms with Gasteiger partial charge in [0.25, 0.3) is 0 Å². The number of piperazine rings is 1. The van der Waals surface area contributed by atoms with Gasteiger partial charge in [0.15, 0.2) is 5.65 Å². The van der Waals surface area contributed by atoms with Gasteiger partial charge >= 0.3 is 0 Å². The Bertz CT molecular complexity index is 1470. The van der Waals surface area contributed by atoms with Crippen molar-refractivity contribution >= 4 is 22.5 Å². The first-order valence-corrected chi connectivity index (χ1v) is 12.2. The summed E-state index contributed by atoms with van der Waals surface area (Å²) in [6.07, 6.45) is 3.92. The van der Waals surface area contributed by atoms with Crippen molar-refractivity contribution in [2.75, 3.05) is 36.0 Å². The summed E-state index contributed by atoms with van der Waals surface area (Å²) in [5.41, 5.74) is 8.45. The maximum Gasteiger partial charge on any atom is 0.150 e.